The molecule has 1 aromatic rings. The number of hydrogen-bond acceptors (Lipinski definition) is 3. The van der Waals surface area contributed by atoms with Crippen LogP contribution in [-0.4, -0.2) is 25.2 Å². The number of sulfonamides is 1. The van der Waals surface area contributed by atoms with Crippen LogP contribution in [0.2, 0.25) is 0 Å². The van der Waals surface area contributed by atoms with E-state index >= 15 is 0 Å². The Balaban J connectivity index is 2.02. The first-order valence-electron chi connectivity index (χ1n) is 5.87. The van der Waals surface area contributed by atoms with Gasteiger partial charge in [0.15, 0.2) is 0 Å². The lowest BCUT2D eigenvalue weighted by Gasteiger charge is -2.29. The largest absolute Gasteiger partial charge is 0.269 e. The highest BCUT2D eigenvalue weighted by atomic mass is 127. The van der Waals surface area contributed by atoms with Gasteiger partial charge in [0, 0.05) is 10.1 Å². The number of carbonyl (C=O) groups excluding carboxylic acids is 1. The van der Waals surface area contributed by atoms with E-state index < -0.39 is 10.0 Å². The maximum Gasteiger partial charge on any atom is 0.269 e. The first kappa shape index (κ1) is 12.4. The molecular formula is C12H12INO3S. The van der Waals surface area contributed by atoms with Crippen LogP contribution in [0.5, 0.6) is 0 Å². The van der Waals surface area contributed by atoms with E-state index in [4.69, 9.17) is 0 Å². The quantitative estimate of drug-likeness (QED) is 0.743. The highest BCUT2D eigenvalue weighted by molar-refractivity contribution is 14.1. The lowest BCUT2D eigenvalue weighted by atomic mass is 9.85. The zero-order chi connectivity index (χ0) is 12.9. The molecule has 0 spiro atoms. The number of fused-ring (bicyclic) bond motifs is 1. The molecule has 1 heterocycles. The van der Waals surface area contributed by atoms with Crippen LogP contribution in [0.15, 0.2) is 23.1 Å². The van der Waals surface area contributed by atoms with Gasteiger partial charge in [-0.1, -0.05) is 6.42 Å². The summed E-state index contributed by atoms with van der Waals surface area (Å²) < 4.78 is 26.5. The number of amides is 1. The number of nitrogens with zero attached hydrogens (tertiary/aromatic N) is 1. The van der Waals surface area contributed by atoms with E-state index in [9.17, 15) is 13.2 Å². The second-order valence-electron chi connectivity index (χ2n) is 4.78. The number of halogens is 1. The molecule has 0 bridgehead atoms. The van der Waals surface area contributed by atoms with E-state index in [1.165, 1.54) is 6.07 Å². The lowest BCUT2D eigenvalue weighted by Crippen LogP contribution is -2.36. The molecule has 0 aromatic heterocycles. The summed E-state index contributed by atoms with van der Waals surface area (Å²) in [4.78, 5) is 12.3. The van der Waals surface area contributed by atoms with Gasteiger partial charge in [-0.2, -0.15) is 0 Å². The minimum Gasteiger partial charge on any atom is -0.268 e. The Labute approximate surface area is 120 Å². The van der Waals surface area contributed by atoms with Crippen LogP contribution in [0.4, 0.5) is 0 Å². The molecule has 1 fully saturated rings. The van der Waals surface area contributed by atoms with Crippen molar-refractivity contribution in [3.63, 3.8) is 0 Å². The van der Waals surface area contributed by atoms with Crippen LogP contribution >= 0.6 is 22.6 Å². The second-order valence-corrected chi connectivity index (χ2v) is 7.86. The Hall–Kier alpha value is -0.630. The lowest BCUT2D eigenvalue weighted by molar-refractivity contribution is 0.0839. The van der Waals surface area contributed by atoms with Crippen LogP contribution in [-0.2, 0) is 10.0 Å². The van der Waals surface area contributed by atoms with E-state index in [0.29, 0.717) is 18.0 Å². The van der Waals surface area contributed by atoms with Crippen LogP contribution in [0.3, 0.4) is 0 Å². The summed E-state index contributed by atoms with van der Waals surface area (Å²) in [6.07, 6.45) is 3.18. The maximum atomic E-state index is 12.3. The van der Waals surface area contributed by atoms with Gasteiger partial charge in [0.25, 0.3) is 15.9 Å². The Morgan fingerprint density at radius 2 is 2.06 bits per heavy atom. The van der Waals surface area contributed by atoms with E-state index in [1.54, 1.807) is 12.1 Å². The molecular weight excluding hydrogens is 365 g/mol. The van der Waals surface area contributed by atoms with Crippen molar-refractivity contribution in [1.82, 2.24) is 4.31 Å². The van der Waals surface area contributed by atoms with Gasteiger partial charge in [0.2, 0.25) is 0 Å². The van der Waals surface area contributed by atoms with Gasteiger partial charge >= 0.3 is 0 Å². The molecule has 0 atom stereocenters. The molecule has 1 amide bonds. The normalized spacial score (nSPS) is 21.8. The number of rotatable bonds is 2. The monoisotopic (exact) mass is 377 g/mol. The molecule has 0 saturated heterocycles. The van der Waals surface area contributed by atoms with Gasteiger partial charge in [0.05, 0.1) is 5.56 Å². The SMILES string of the molecule is O=C1c2cc(I)ccc2S(=O)(=O)N1CC1CCC1. The summed E-state index contributed by atoms with van der Waals surface area (Å²) >= 11 is 2.08. The van der Waals surface area contributed by atoms with Gasteiger partial charge in [-0.15, -0.1) is 0 Å². The number of carbonyl (C=O) groups is 1. The van der Waals surface area contributed by atoms with Crippen LogP contribution in [0.1, 0.15) is 29.6 Å². The minimum atomic E-state index is -3.60. The average Bonchev–Trinajstić information content (AvgIpc) is 2.42. The molecule has 2 aliphatic rings. The molecule has 4 nitrogen and oxygen atoms in total. The molecule has 1 aliphatic carbocycles. The Kier molecular flexibility index (Phi) is 2.89. The summed E-state index contributed by atoms with van der Waals surface area (Å²) in [5.41, 5.74) is 0.321. The maximum absolute atomic E-state index is 12.3. The summed E-state index contributed by atoms with van der Waals surface area (Å²) in [7, 11) is -3.60. The third kappa shape index (κ3) is 1.77. The van der Waals surface area contributed by atoms with E-state index in [0.717, 1.165) is 27.1 Å². The molecule has 1 aromatic carbocycles. The van der Waals surface area contributed by atoms with Crippen molar-refractivity contribution in [3.05, 3.63) is 27.3 Å². The van der Waals surface area contributed by atoms with Crippen molar-refractivity contribution in [2.24, 2.45) is 5.92 Å². The van der Waals surface area contributed by atoms with Crippen molar-refractivity contribution in [3.8, 4) is 0 Å². The van der Waals surface area contributed by atoms with Crippen molar-refractivity contribution < 1.29 is 13.2 Å². The Bertz CT molecular complexity index is 622. The Morgan fingerprint density at radius 3 is 2.67 bits per heavy atom. The molecule has 1 saturated carbocycles. The fraction of sp³-hybridized carbons (Fsp3) is 0.417. The van der Waals surface area contributed by atoms with Crippen molar-refractivity contribution in [2.75, 3.05) is 6.54 Å². The van der Waals surface area contributed by atoms with Gasteiger partial charge in [-0.25, -0.2) is 12.7 Å². The predicted octanol–water partition coefficient (Wildman–Crippen LogP) is 2.24. The van der Waals surface area contributed by atoms with Crippen LogP contribution < -0.4 is 0 Å². The van der Waals surface area contributed by atoms with E-state index in [-0.39, 0.29) is 10.8 Å². The predicted molar refractivity (Wildman–Crippen MR) is 74.7 cm³/mol. The van der Waals surface area contributed by atoms with E-state index in [1.807, 2.05) is 0 Å². The smallest absolute Gasteiger partial charge is 0.268 e. The molecule has 0 unspecified atom stereocenters. The standard InChI is InChI=1S/C12H12INO3S/c13-9-4-5-11-10(6-9)12(15)14(18(11,16)17)7-8-2-1-3-8/h4-6,8H,1-3,7H2. The number of benzene rings is 1. The number of hydrogen-bond donors (Lipinski definition) is 0. The highest BCUT2D eigenvalue weighted by Crippen LogP contribution is 2.35. The zero-order valence-corrected chi connectivity index (χ0v) is 12.6. The topological polar surface area (TPSA) is 54.5 Å². The van der Waals surface area contributed by atoms with Crippen molar-refractivity contribution in [2.45, 2.75) is 24.2 Å². The van der Waals surface area contributed by atoms with Crippen molar-refractivity contribution >= 4 is 38.5 Å². The van der Waals surface area contributed by atoms with Crippen molar-refractivity contribution in [1.29, 1.82) is 0 Å². The molecule has 1 aliphatic heterocycles. The third-order valence-electron chi connectivity index (χ3n) is 3.62. The molecule has 96 valence electrons. The molecule has 6 heteroatoms. The second kappa shape index (κ2) is 4.19. The minimum absolute atomic E-state index is 0.159. The first-order chi connectivity index (χ1) is 8.50. The van der Waals surface area contributed by atoms with Gasteiger partial charge in [-0.3, -0.25) is 4.79 Å². The Morgan fingerprint density at radius 1 is 1.33 bits per heavy atom. The highest BCUT2D eigenvalue weighted by Gasteiger charge is 2.42. The summed E-state index contributed by atoms with van der Waals surface area (Å²) in [5, 5.41) is 0. The van der Waals surface area contributed by atoms with Crippen LogP contribution in [0.25, 0.3) is 0 Å². The van der Waals surface area contributed by atoms with Crippen LogP contribution in [0, 0.1) is 9.49 Å². The average molecular weight is 377 g/mol. The summed E-state index contributed by atoms with van der Waals surface area (Å²) in [6, 6.07) is 4.90. The van der Waals surface area contributed by atoms with E-state index in [2.05, 4.69) is 22.6 Å². The molecule has 0 N–H and O–H groups in total. The fourth-order valence-electron chi connectivity index (χ4n) is 2.35. The zero-order valence-electron chi connectivity index (χ0n) is 9.60. The van der Waals surface area contributed by atoms with Gasteiger partial charge in [-0.05, 0) is 59.5 Å². The summed E-state index contributed by atoms with van der Waals surface area (Å²) in [6.45, 7) is 0.340. The first-order valence-corrected chi connectivity index (χ1v) is 8.38. The molecule has 3 rings (SSSR count). The summed E-state index contributed by atoms with van der Waals surface area (Å²) in [5.74, 6) is -0.0208. The third-order valence-corrected chi connectivity index (χ3v) is 6.09. The molecule has 18 heavy (non-hydrogen) atoms. The fourth-order valence-corrected chi connectivity index (χ4v) is 4.46. The van der Waals surface area contributed by atoms with Gasteiger partial charge < -0.3 is 0 Å². The van der Waals surface area contributed by atoms with Gasteiger partial charge in [0.1, 0.15) is 4.90 Å². The molecule has 0 radical (unpaired) electrons.